The number of benzene rings is 1. The molecule has 0 aliphatic rings. The molecule has 0 saturated carbocycles. The maximum atomic E-state index is 12.2. The normalized spacial score (nSPS) is 13.5. The molecule has 0 aliphatic heterocycles. The molecular formula is C11H14ClF3N2. The van der Waals surface area contributed by atoms with E-state index in [9.17, 15) is 13.2 Å². The second-order valence-electron chi connectivity index (χ2n) is 3.89. The minimum atomic E-state index is -4.15. The van der Waals surface area contributed by atoms with E-state index in [0.717, 1.165) is 6.92 Å². The first kappa shape index (κ1) is 14.0. The summed E-state index contributed by atoms with van der Waals surface area (Å²) in [5, 5.41) is 3.36. The fourth-order valence-electron chi connectivity index (χ4n) is 1.28. The van der Waals surface area contributed by atoms with Gasteiger partial charge in [-0.05, 0) is 24.6 Å². The standard InChI is InChI=1S/C11H14ClF3N2/c1-7(11(13,14)15)4-5-17-10-3-2-8(12)6-9(10)16/h2-3,6-7,17H,4-5,16H2,1H3. The first-order valence-corrected chi connectivity index (χ1v) is 5.54. The molecule has 1 aromatic rings. The van der Waals surface area contributed by atoms with Gasteiger partial charge in [0.25, 0.3) is 0 Å². The Bertz CT molecular complexity index is 379. The Balaban J connectivity index is 2.46. The topological polar surface area (TPSA) is 38.0 Å². The van der Waals surface area contributed by atoms with Crippen LogP contribution in [0.1, 0.15) is 13.3 Å². The molecule has 0 bridgehead atoms. The number of alkyl halides is 3. The van der Waals surface area contributed by atoms with Crippen molar-refractivity contribution >= 4 is 23.0 Å². The summed E-state index contributed by atoms with van der Waals surface area (Å²) in [6.45, 7) is 1.37. The van der Waals surface area contributed by atoms with Gasteiger partial charge in [0.1, 0.15) is 0 Å². The van der Waals surface area contributed by atoms with Crippen LogP contribution in [0, 0.1) is 5.92 Å². The second kappa shape index (κ2) is 5.49. The zero-order valence-corrected chi connectivity index (χ0v) is 10.1. The lowest BCUT2D eigenvalue weighted by Gasteiger charge is -2.16. The summed E-state index contributed by atoms with van der Waals surface area (Å²) in [6.07, 6.45) is -4.14. The van der Waals surface area contributed by atoms with Gasteiger partial charge in [-0.15, -0.1) is 0 Å². The van der Waals surface area contributed by atoms with E-state index in [1.165, 1.54) is 0 Å². The zero-order valence-electron chi connectivity index (χ0n) is 9.31. The number of nitrogens with two attached hydrogens (primary N) is 1. The molecule has 0 radical (unpaired) electrons. The highest BCUT2D eigenvalue weighted by molar-refractivity contribution is 6.31. The van der Waals surface area contributed by atoms with Crippen LogP contribution >= 0.6 is 11.6 Å². The smallest absolute Gasteiger partial charge is 0.391 e. The largest absolute Gasteiger partial charge is 0.397 e. The highest BCUT2D eigenvalue weighted by atomic mass is 35.5. The Morgan fingerprint density at radius 2 is 2.06 bits per heavy atom. The summed E-state index contributed by atoms with van der Waals surface area (Å²) >= 11 is 5.70. The van der Waals surface area contributed by atoms with E-state index in [2.05, 4.69) is 5.32 Å². The molecule has 1 unspecified atom stereocenters. The minimum Gasteiger partial charge on any atom is -0.397 e. The van der Waals surface area contributed by atoms with Gasteiger partial charge in [0.2, 0.25) is 0 Å². The van der Waals surface area contributed by atoms with Gasteiger partial charge < -0.3 is 11.1 Å². The summed E-state index contributed by atoms with van der Waals surface area (Å²) in [4.78, 5) is 0. The van der Waals surface area contributed by atoms with E-state index < -0.39 is 12.1 Å². The molecule has 96 valence electrons. The van der Waals surface area contributed by atoms with Crippen molar-refractivity contribution in [3.05, 3.63) is 23.2 Å². The van der Waals surface area contributed by atoms with Crippen LogP contribution in [0.15, 0.2) is 18.2 Å². The van der Waals surface area contributed by atoms with E-state index >= 15 is 0 Å². The Labute approximate surface area is 103 Å². The fraction of sp³-hybridized carbons (Fsp3) is 0.455. The maximum Gasteiger partial charge on any atom is 0.391 e. The molecule has 0 spiro atoms. The third-order valence-electron chi connectivity index (χ3n) is 2.47. The monoisotopic (exact) mass is 266 g/mol. The maximum absolute atomic E-state index is 12.2. The molecule has 0 heterocycles. The van der Waals surface area contributed by atoms with Gasteiger partial charge in [-0.2, -0.15) is 13.2 Å². The summed E-state index contributed by atoms with van der Waals surface area (Å²) in [7, 11) is 0. The van der Waals surface area contributed by atoms with Crippen molar-refractivity contribution in [2.24, 2.45) is 5.92 Å². The number of halogens is 4. The van der Waals surface area contributed by atoms with Gasteiger partial charge in [-0.1, -0.05) is 18.5 Å². The molecule has 1 rings (SSSR count). The lowest BCUT2D eigenvalue weighted by Crippen LogP contribution is -2.22. The zero-order chi connectivity index (χ0) is 13.1. The third-order valence-corrected chi connectivity index (χ3v) is 2.70. The average molecular weight is 267 g/mol. The highest BCUT2D eigenvalue weighted by Crippen LogP contribution is 2.28. The number of nitrogen functional groups attached to an aromatic ring is 1. The van der Waals surface area contributed by atoms with Gasteiger partial charge in [0.15, 0.2) is 0 Å². The van der Waals surface area contributed by atoms with Gasteiger partial charge in [-0.3, -0.25) is 0 Å². The molecule has 0 amide bonds. The summed E-state index contributed by atoms with van der Waals surface area (Å²) in [5.41, 5.74) is 6.68. The number of hydrogen-bond acceptors (Lipinski definition) is 2. The van der Waals surface area contributed by atoms with Crippen LogP contribution in [0.25, 0.3) is 0 Å². The van der Waals surface area contributed by atoms with E-state index in [1.807, 2.05) is 0 Å². The molecular weight excluding hydrogens is 253 g/mol. The Morgan fingerprint density at radius 1 is 1.41 bits per heavy atom. The van der Waals surface area contributed by atoms with Crippen molar-refractivity contribution in [3.8, 4) is 0 Å². The van der Waals surface area contributed by atoms with Crippen LogP contribution in [0.3, 0.4) is 0 Å². The molecule has 0 fully saturated rings. The predicted octanol–water partition coefficient (Wildman–Crippen LogP) is 3.92. The summed E-state index contributed by atoms with van der Waals surface area (Å²) < 4.78 is 36.7. The first-order chi connectivity index (χ1) is 7.80. The average Bonchev–Trinajstić information content (AvgIpc) is 2.19. The van der Waals surface area contributed by atoms with Gasteiger partial charge >= 0.3 is 6.18 Å². The summed E-state index contributed by atoms with van der Waals surface area (Å²) in [5.74, 6) is -1.33. The molecule has 0 saturated heterocycles. The van der Waals surface area contributed by atoms with Crippen LogP contribution in [0.2, 0.25) is 5.02 Å². The highest BCUT2D eigenvalue weighted by Gasteiger charge is 2.35. The quantitative estimate of drug-likeness (QED) is 0.811. The van der Waals surface area contributed by atoms with E-state index in [1.54, 1.807) is 18.2 Å². The number of nitrogens with one attached hydrogen (secondary N) is 1. The van der Waals surface area contributed by atoms with Crippen LogP contribution in [0.4, 0.5) is 24.5 Å². The number of rotatable bonds is 4. The Hall–Kier alpha value is -1.10. The first-order valence-electron chi connectivity index (χ1n) is 5.16. The van der Waals surface area contributed by atoms with Crippen LogP contribution in [-0.4, -0.2) is 12.7 Å². The molecule has 0 aromatic heterocycles. The van der Waals surface area contributed by atoms with Crippen molar-refractivity contribution in [1.29, 1.82) is 0 Å². The lowest BCUT2D eigenvalue weighted by atomic mass is 10.1. The van der Waals surface area contributed by atoms with Crippen LogP contribution in [-0.2, 0) is 0 Å². The van der Waals surface area contributed by atoms with Crippen molar-refractivity contribution in [1.82, 2.24) is 0 Å². The molecule has 6 heteroatoms. The summed E-state index contributed by atoms with van der Waals surface area (Å²) in [6, 6.07) is 4.83. The fourth-order valence-corrected chi connectivity index (χ4v) is 1.46. The second-order valence-corrected chi connectivity index (χ2v) is 4.33. The van der Waals surface area contributed by atoms with E-state index in [4.69, 9.17) is 17.3 Å². The predicted molar refractivity (Wildman–Crippen MR) is 64.2 cm³/mol. The molecule has 0 aliphatic carbocycles. The van der Waals surface area contributed by atoms with Crippen LogP contribution < -0.4 is 11.1 Å². The molecule has 17 heavy (non-hydrogen) atoms. The Kier molecular flexibility index (Phi) is 4.51. The number of anilines is 2. The van der Waals surface area contributed by atoms with E-state index in [-0.39, 0.29) is 13.0 Å². The van der Waals surface area contributed by atoms with E-state index in [0.29, 0.717) is 16.4 Å². The minimum absolute atomic E-state index is 0.00552. The number of hydrogen-bond donors (Lipinski definition) is 2. The molecule has 1 aromatic carbocycles. The van der Waals surface area contributed by atoms with Crippen molar-refractivity contribution < 1.29 is 13.2 Å². The lowest BCUT2D eigenvalue weighted by molar-refractivity contribution is -0.170. The van der Waals surface area contributed by atoms with Crippen LogP contribution in [0.5, 0.6) is 0 Å². The van der Waals surface area contributed by atoms with Crippen molar-refractivity contribution in [2.45, 2.75) is 19.5 Å². The molecule has 1 atom stereocenters. The van der Waals surface area contributed by atoms with Gasteiger partial charge in [0, 0.05) is 11.6 Å². The third kappa shape index (κ3) is 4.34. The van der Waals surface area contributed by atoms with Gasteiger partial charge in [-0.25, -0.2) is 0 Å². The van der Waals surface area contributed by atoms with Crippen molar-refractivity contribution in [2.75, 3.05) is 17.6 Å². The van der Waals surface area contributed by atoms with Crippen molar-refractivity contribution in [3.63, 3.8) is 0 Å². The molecule has 3 N–H and O–H groups in total. The Morgan fingerprint density at radius 3 is 2.59 bits per heavy atom. The molecule has 2 nitrogen and oxygen atoms in total. The van der Waals surface area contributed by atoms with Gasteiger partial charge in [0.05, 0.1) is 17.3 Å². The SMILES string of the molecule is CC(CCNc1ccc(Cl)cc1N)C(F)(F)F.